The van der Waals surface area contributed by atoms with Crippen molar-refractivity contribution in [2.45, 2.75) is 258 Å². The Balaban J connectivity index is 2.37. The second-order valence-corrected chi connectivity index (χ2v) is 15.0. The summed E-state index contributed by atoms with van der Waals surface area (Å²) in [5.41, 5.74) is 0. The van der Waals surface area contributed by atoms with Crippen molar-refractivity contribution in [2.24, 2.45) is 0 Å². The van der Waals surface area contributed by atoms with Gasteiger partial charge in [0, 0.05) is 24.4 Å². The number of unbranched alkanes of at least 4 members (excludes halogenated alkanes) is 28. The highest BCUT2D eigenvalue weighted by Gasteiger charge is 2.19. The van der Waals surface area contributed by atoms with Gasteiger partial charge in [0.25, 0.3) is 0 Å². The summed E-state index contributed by atoms with van der Waals surface area (Å²) in [6, 6.07) is 0.587. The maximum absolute atomic E-state index is 5.03. The van der Waals surface area contributed by atoms with Gasteiger partial charge in [-0.3, -0.25) is 0 Å². The molecule has 0 saturated heterocycles. The van der Waals surface area contributed by atoms with Crippen molar-refractivity contribution in [3.8, 4) is 0 Å². The molecule has 1 rings (SSSR count). The molecule has 45 heavy (non-hydrogen) atoms. The number of nitrogens with zero attached hydrogens (tertiary/aromatic N) is 2. The minimum atomic E-state index is 0.587. The highest BCUT2D eigenvalue weighted by atomic mass is 15.1. The van der Waals surface area contributed by atoms with E-state index in [0.29, 0.717) is 12.0 Å². The van der Waals surface area contributed by atoms with Crippen LogP contribution in [0.25, 0.3) is 0 Å². The molecule has 266 valence electrons. The standard InChI is InChI=1S/C43H84N2/c1-5-8-11-14-17-20-22-23-24-25-27-30-33-36-41(4)45-40-39-44-43(45)42(37-34-31-28-19-16-13-10-7-3)38-35-32-29-26-21-18-15-12-9-6-2/h39-42H,5-38H2,1-4H3. The van der Waals surface area contributed by atoms with Gasteiger partial charge in [-0.1, -0.05) is 220 Å². The molecule has 2 atom stereocenters. The molecule has 0 amide bonds. The molecular weight excluding hydrogens is 544 g/mol. The summed E-state index contributed by atoms with van der Waals surface area (Å²) >= 11 is 0. The summed E-state index contributed by atoms with van der Waals surface area (Å²) in [5.74, 6) is 2.07. The van der Waals surface area contributed by atoms with Crippen molar-refractivity contribution in [3.63, 3.8) is 0 Å². The lowest BCUT2D eigenvalue weighted by molar-refractivity contribution is 0.412. The summed E-state index contributed by atoms with van der Waals surface area (Å²) in [4.78, 5) is 5.03. The molecule has 0 N–H and O–H groups in total. The Morgan fingerprint density at radius 1 is 0.422 bits per heavy atom. The van der Waals surface area contributed by atoms with Crippen LogP contribution in [0.1, 0.15) is 264 Å². The van der Waals surface area contributed by atoms with Gasteiger partial charge >= 0.3 is 0 Å². The second-order valence-electron chi connectivity index (χ2n) is 15.0. The molecule has 0 radical (unpaired) electrons. The van der Waals surface area contributed by atoms with Crippen LogP contribution in [0.5, 0.6) is 0 Å². The summed E-state index contributed by atoms with van der Waals surface area (Å²) in [6.07, 6.45) is 52.7. The van der Waals surface area contributed by atoms with Crippen LogP contribution in [0.4, 0.5) is 0 Å². The largest absolute Gasteiger partial charge is 0.332 e. The number of aromatic nitrogens is 2. The molecule has 0 saturated carbocycles. The highest BCUT2D eigenvalue weighted by molar-refractivity contribution is 5.02. The molecule has 2 heteroatoms. The zero-order chi connectivity index (χ0) is 32.5. The number of rotatable bonds is 36. The summed E-state index contributed by atoms with van der Waals surface area (Å²) in [6.45, 7) is 9.40. The Kier molecular flexibility index (Phi) is 31.1. The maximum atomic E-state index is 5.03. The van der Waals surface area contributed by atoms with E-state index in [1.807, 2.05) is 0 Å². The molecule has 1 aromatic rings. The topological polar surface area (TPSA) is 17.8 Å². The predicted molar refractivity (Wildman–Crippen MR) is 204 cm³/mol. The molecule has 0 aliphatic carbocycles. The van der Waals surface area contributed by atoms with Crippen LogP contribution in [0.3, 0.4) is 0 Å². The fourth-order valence-corrected chi connectivity index (χ4v) is 7.42. The van der Waals surface area contributed by atoms with E-state index in [-0.39, 0.29) is 0 Å². The predicted octanol–water partition coefficient (Wildman–Crippen LogP) is 15.9. The first-order chi connectivity index (χ1) is 22.2. The van der Waals surface area contributed by atoms with Crippen LogP contribution in [0, 0.1) is 0 Å². The van der Waals surface area contributed by atoms with Crippen LogP contribution in [0.2, 0.25) is 0 Å². The Morgan fingerprint density at radius 3 is 1.04 bits per heavy atom. The summed E-state index contributed by atoms with van der Waals surface area (Å²) in [7, 11) is 0. The van der Waals surface area contributed by atoms with Gasteiger partial charge in [-0.2, -0.15) is 0 Å². The fraction of sp³-hybridized carbons (Fsp3) is 0.930. The Bertz CT molecular complexity index is 694. The van der Waals surface area contributed by atoms with Gasteiger partial charge in [0.05, 0.1) is 0 Å². The van der Waals surface area contributed by atoms with E-state index in [4.69, 9.17) is 4.98 Å². The van der Waals surface area contributed by atoms with Crippen molar-refractivity contribution in [1.29, 1.82) is 0 Å². The summed E-state index contributed by atoms with van der Waals surface area (Å²) in [5, 5.41) is 0. The maximum Gasteiger partial charge on any atom is 0.111 e. The average molecular weight is 629 g/mol. The van der Waals surface area contributed by atoms with E-state index in [0.717, 1.165) is 0 Å². The molecule has 0 aliphatic heterocycles. The van der Waals surface area contributed by atoms with E-state index < -0.39 is 0 Å². The van der Waals surface area contributed by atoms with Gasteiger partial charge in [0.2, 0.25) is 0 Å². The monoisotopic (exact) mass is 629 g/mol. The van der Waals surface area contributed by atoms with Gasteiger partial charge in [-0.05, 0) is 26.2 Å². The van der Waals surface area contributed by atoms with Crippen LogP contribution in [-0.4, -0.2) is 9.55 Å². The van der Waals surface area contributed by atoms with Crippen molar-refractivity contribution in [1.82, 2.24) is 9.55 Å². The molecule has 1 heterocycles. The molecule has 1 aromatic heterocycles. The van der Waals surface area contributed by atoms with E-state index >= 15 is 0 Å². The normalized spacial score (nSPS) is 13.1. The molecule has 0 bridgehead atoms. The van der Waals surface area contributed by atoms with Crippen molar-refractivity contribution in [2.75, 3.05) is 0 Å². The first-order valence-corrected chi connectivity index (χ1v) is 21.3. The minimum Gasteiger partial charge on any atom is -0.332 e. The van der Waals surface area contributed by atoms with Crippen molar-refractivity contribution >= 4 is 0 Å². The van der Waals surface area contributed by atoms with Gasteiger partial charge in [-0.25, -0.2) is 4.98 Å². The SMILES string of the molecule is CCCCCCCCCCCCCCCC(C)n1ccnc1C(CCCCCCCCCC)CCCCCCCCCCCC. The Labute approximate surface area is 285 Å². The Morgan fingerprint density at radius 2 is 0.711 bits per heavy atom. The third kappa shape index (κ3) is 25.0. The highest BCUT2D eigenvalue weighted by Crippen LogP contribution is 2.31. The van der Waals surface area contributed by atoms with E-state index in [1.165, 1.54) is 224 Å². The van der Waals surface area contributed by atoms with Crippen LogP contribution in [-0.2, 0) is 0 Å². The van der Waals surface area contributed by atoms with E-state index in [9.17, 15) is 0 Å². The number of hydrogen-bond donors (Lipinski definition) is 0. The second kappa shape index (κ2) is 33.1. The third-order valence-corrected chi connectivity index (χ3v) is 10.6. The van der Waals surface area contributed by atoms with E-state index in [1.54, 1.807) is 0 Å². The fourth-order valence-electron chi connectivity index (χ4n) is 7.42. The van der Waals surface area contributed by atoms with Crippen LogP contribution < -0.4 is 0 Å². The van der Waals surface area contributed by atoms with Gasteiger partial charge in [0.15, 0.2) is 0 Å². The molecule has 0 fully saturated rings. The average Bonchev–Trinajstić information content (AvgIpc) is 3.54. The Hall–Kier alpha value is -0.790. The third-order valence-electron chi connectivity index (χ3n) is 10.6. The van der Waals surface area contributed by atoms with Gasteiger partial charge in [-0.15, -0.1) is 0 Å². The first-order valence-electron chi connectivity index (χ1n) is 21.3. The zero-order valence-electron chi connectivity index (χ0n) is 31.7. The summed E-state index contributed by atoms with van der Waals surface area (Å²) < 4.78 is 2.59. The lowest BCUT2D eigenvalue weighted by Crippen LogP contribution is -2.13. The molecule has 0 aliphatic rings. The molecule has 0 aromatic carbocycles. The lowest BCUT2D eigenvalue weighted by atomic mass is 9.92. The van der Waals surface area contributed by atoms with Gasteiger partial charge < -0.3 is 4.57 Å². The van der Waals surface area contributed by atoms with E-state index in [2.05, 4.69) is 44.7 Å². The molecule has 0 spiro atoms. The van der Waals surface area contributed by atoms with Crippen molar-refractivity contribution < 1.29 is 0 Å². The van der Waals surface area contributed by atoms with Gasteiger partial charge in [0.1, 0.15) is 5.82 Å². The number of imidazole rings is 1. The first kappa shape index (κ1) is 42.2. The van der Waals surface area contributed by atoms with Crippen LogP contribution >= 0.6 is 0 Å². The van der Waals surface area contributed by atoms with Crippen molar-refractivity contribution in [3.05, 3.63) is 18.2 Å². The molecule has 2 nitrogen and oxygen atoms in total. The zero-order valence-corrected chi connectivity index (χ0v) is 31.7. The molecule has 2 unspecified atom stereocenters. The quantitative estimate of drug-likeness (QED) is 0.0676. The number of hydrogen-bond acceptors (Lipinski definition) is 1. The lowest BCUT2D eigenvalue weighted by Gasteiger charge is -2.22. The minimum absolute atomic E-state index is 0.587. The molecular formula is C43H84N2. The van der Waals surface area contributed by atoms with Crippen LogP contribution in [0.15, 0.2) is 12.4 Å². The smallest absolute Gasteiger partial charge is 0.111 e.